The predicted molar refractivity (Wildman–Crippen MR) is 59.5 cm³/mol. The number of amidine groups is 1. The number of esters is 1. The highest BCUT2D eigenvalue weighted by Crippen LogP contribution is 2.07. The standard InChI is InChI=1S/C8H15N3O3.ClH/c1-8(2,3)14-11-5(6(9)10)7(12)13-4;/h1-4H3,(H3,9,10);1H. The Labute approximate surface area is 94.7 Å². The Hall–Kier alpha value is -1.30. The summed E-state index contributed by atoms with van der Waals surface area (Å²) in [6, 6.07) is 0. The van der Waals surface area contributed by atoms with Gasteiger partial charge in [-0.3, -0.25) is 5.41 Å². The van der Waals surface area contributed by atoms with E-state index >= 15 is 0 Å². The van der Waals surface area contributed by atoms with Crippen molar-refractivity contribution in [1.82, 2.24) is 0 Å². The van der Waals surface area contributed by atoms with E-state index in [1.165, 1.54) is 7.11 Å². The Morgan fingerprint density at radius 3 is 2.13 bits per heavy atom. The number of methoxy groups -OCH3 is 1. The molecule has 15 heavy (non-hydrogen) atoms. The van der Waals surface area contributed by atoms with Crippen LogP contribution in [0.5, 0.6) is 0 Å². The number of hydrogen-bond donors (Lipinski definition) is 2. The van der Waals surface area contributed by atoms with E-state index in [2.05, 4.69) is 9.89 Å². The summed E-state index contributed by atoms with van der Waals surface area (Å²) in [5.74, 6) is -1.28. The van der Waals surface area contributed by atoms with Gasteiger partial charge in [-0.25, -0.2) is 4.79 Å². The van der Waals surface area contributed by atoms with Gasteiger partial charge in [0.25, 0.3) is 0 Å². The molecule has 0 aliphatic carbocycles. The van der Waals surface area contributed by atoms with Crippen LogP contribution in [0.3, 0.4) is 0 Å². The second kappa shape index (κ2) is 6.23. The van der Waals surface area contributed by atoms with Crippen LogP contribution in [-0.4, -0.2) is 30.2 Å². The molecular weight excluding hydrogens is 222 g/mol. The fourth-order valence-corrected chi connectivity index (χ4v) is 0.476. The van der Waals surface area contributed by atoms with E-state index in [0.717, 1.165) is 0 Å². The van der Waals surface area contributed by atoms with Gasteiger partial charge in [0.15, 0.2) is 5.84 Å². The first-order valence-electron chi connectivity index (χ1n) is 3.97. The quantitative estimate of drug-likeness (QED) is 0.327. The maximum atomic E-state index is 11.0. The van der Waals surface area contributed by atoms with E-state index in [9.17, 15) is 4.79 Å². The molecule has 0 aromatic rings. The van der Waals surface area contributed by atoms with Crippen LogP contribution in [0.1, 0.15) is 20.8 Å². The van der Waals surface area contributed by atoms with Crippen LogP contribution in [0.4, 0.5) is 0 Å². The summed E-state index contributed by atoms with van der Waals surface area (Å²) >= 11 is 0. The lowest BCUT2D eigenvalue weighted by Crippen LogP contribution is -2.32. The number of hydrogen-bond acceptors (Lipinski definition) is 5. The van der Waals surface area contributed by atoms with Crippen molar-refractivity contribution in [2.75, 3.05) is 7.11 Å². The third kappa shape index (κ3) is 6.73. The Morgan fingerprint density at radius 2 is 1.87 bits per heavy atom. The van der Waals surface area contributed by atoms with Crippen LogP contribution >= 0.6 is 12.4 Å². The average molecular weight is 238 g/mol. The number of rotatable bonds is 3. The van der Waals surface area contributed by atoms with E-state index in [-0.39, 0.29) is 18.1 Å². The van der Waals surface area contributed by atoms with Gasteiger partial charge in [-0.15, -0.1) is 12.4 Å². The highest BCUT2D eigenvalue weighted by atomic mass is 35.5. The van der Waals surface area contributed by atoms with Gasteiger partial charge >= 0.3 is 5.97 Å². The molecule has 0 rings (SSSR count). The number of nitrogens with two attached hydrogens (primary N) is 1. The molecule has 0 saturated carbocycles. The summed E-state index contributed by atoms with van der Waals surface area (Å²) in [5, 5.41) is 10.5. The number of carbonyl (C=O) groups excluding carboxylic acids is 1. The zero-order valence-electron chi connectivity index (χ0n) is 9.16. The summed E-state index contributed by atoms with van der Waals surface area (Å²) in [6.07, 6.45) is 0. The van der Waals surface area contributed by atoms with Crippen molar-refractivity contribution in [3.63, 3.8) is 0 Å². The second-order valence-corrected chi connectivity index (χ2v) is 3.55. The Bertz CT molecular complexity index is 271. The molecule has 0 saturated heterocycles. The fraction of sp³-hybridized carbons (Fsp3) is 0.625. The lowest BCUT2D eigenvalue weighted by Gasteiger charge is -2.15. The molecule has 7 heteroatoms. The van der Waals surface area contributed by atoms with Gasteiger partial charge in [0, 0.05) is 0 Å². The summed E-state index contributed by atoms with van der Waals surface area (Å²) in [7, 11) is 1.18. The van der Waals surface area contributed by atoms with Crippen molar-refractivity contribution in [3.8, 4) is 0 Å². The third-order valence-electron chi connectivity index (χ3n) is 1.04. The number of carbonyl (C=O) groups is 1. The minimum Gasteiger partial charge on any atom is -0.464 e. The van der Waals surface area contributed by atoms with Crippen molar-refractivity contribution in [3.05, 3.63) is 0 Å². The van der Waals surface area contributed by atoms with Gasteiger partial charge in [0.05, 0.1) is 7.11 Å². The summed E-state index contributed by atoms with van der Waals surface area (Å²) in [4.78, 5) is 16.0. The summed E-state index contributed by atoms with van der Waals surface area (Å²) in [6.45, 7) is 5.27. The molecule has 0 radical (unpaired) electrons. The van der Waals surface area contributed by atoms with E-state index in [1.807, 2.05) is 0 Å². The fourth-order valence-electron chi connectivity index (χ4n) is 0.476. The molecule has 88 valence electrons. The molecule has 0 bridgehead atoms. The van der Waals surface area contributed by atoms with Gasteiger partial charge < -0.3 is 15.3 Å². The van der Waals surface area contributed by atoms with Crippen LogP contribution in [0.2, 0.25) is 0 Å². The van der Waals surface area contributed by atoms with Crippen molar-refractivity contribution in [2.24, 2.45) is 10.9 Å². The highest BCUT2D eigenvalue weighted by molar-refractivity contribution is 6.64. The largest absolute Gasteiger partial charge is 0.464 e. The average Bonchev–Trinajstić information content (AvgIpc) is 2.01. The molecule has 0 atom stereocenters. The van der Waals surface area contributed by atoms with Crippen LogP contribution in [0, 0.1) is 5.41 Å². The normalized spacial score (nSPS) is 11.3. The number of oxime groups is 1. The van der Waals surface area contributed by atoms with Crippen molar-refractivity contribution < 1.29 is 14.4 Å². The Morgan fingerprint density at radius 1 is 1.40 bits per heavy atom. The van der Waals surface area contributed by atoms with Crippen LogP contribution in [0.15, 0.2) is 5.16 Å². The molecule has 6 nitrogen and oxygen atoms in total. The smallest absolute Gasteiger partial charge is 0.364 e. The predicted octanol–water partition coefficient (Wildman–Crippen LogP) is 0.688. The molecule has 0 amide bonds. The Kier molecular flexibility index (Phi) is 6.71. The molecule has 0 aliphatic heterocycles. The van der Waals surface area contributed by atoms with Crippen LogP contribution < -0.4 is 5.73 Å². The summed E-state index contributed by atoms with van der Waals surface area (Å²) < 4.78 is 4.37. The number of nitrogens with one attached hydrogen (secondary N) is 1. The van der Waals surface area contributed by atoms with Gasteiger partial charge in [0.1, 0.15) is 5.60 Å². The first-order chi connectivity index (χ1) is 6.28. The molecule has 0 spiro atoms. The number of halogens is 1. The lowest BCUT2D eigenvalue weighted by molar-refractivity contribution is -0.132. The molecule has 3 N–H and O–H groups in total. The van der Waals surface area contributed by atoms with Crippen molar-refractivity contribution in [2.45, 2.75) is 26.4 Å². The first kappa shape index (κ1) is 16.1. The zero-order valence-corrected chi connectivity index (χ0v) is 9.97. The molecule has 0 unspecified atom stereocenters. The maximum absolute atomic E-state index is 11.0. The summed E-state index contributed by atoms with van der Waals surface area (Å²) in [5.41, 5.74) is 4.24. The van der Waals surface area contributed by atoms with E-state index < -0.39 is 17.4 Å². The maximum Gasteiger partial charge on any atom is 0.364 e. The van der Waals surface area contributed by atoms with Gasteiger partial charge in [-0.1, -0.05) is 5.16 Å². The number of ether oxygens (including phenoxy) is 1. The molecular formula is C8H16ClN3O3. The van der Waals surface area contributed by atoms with Gasteiger partial charge in [-0.05, 0) is 20.8 Å². The number of nitrogens with zero attached hydrogens (tertiary/aromatic N) is 1. The van der Waals surface area contributed by atoms with Crippen molar-refractivity contribution >= 4 is 29.9 Å². The van der Waals surface area contributed by atoms with E-state index in [0.29, 0.717) is 0 Å². The SMILES string of the molecule is COC(=O)C(=NOC(C)(C)C)C(=N)N.Cl. The minimum atomic E-state index is -0.790. The third-order valence-corrected chi connectivity index (χ3v) is 1.04. The molecule has 0 aromatic carbocycles. The highest BCUT2D eigenvalue weighted by Gasteiger charge is 2.18. The van der Waals surface area contributed by atoms with Crippen molar-refractivity contribution in [1.29, 1.82) is 5.41 Å². The minimum absolute atomic E-state index is 0. The molecule has 0 aliphatic rings. The van der Waals surface area contributed by atoms with Crippen LogP contribution in [0.25, 0.3) is 0 Å². The van der Waals surface area contributed by atoms with Gasteiger partial charge in [0.2, 0.25) is 5.71 Å². The molecule has 0 heterocycles. The zero-order chi connectivity index (χ0) is 11.4. The topological polar surface area (TPSA) is 97.8 Å². The van der Waals surface area contributed by atoms with Gasteiger partial charge in [-0.2, -0.15) is 0 Å². The Balaban J connectivity index is 0. The van der Waals surface area contributed by atoms with E-state index in [1.54, 1.807) is 20.8 Å². The lowest BCUT2D eigenvalue weighted by atomic mass is 10.2. The first-order valence-corrected chi connectivity index (χ1v) is 3.97. The van der Waals surface area contributed by atoms with Crippen LogP contribution in [-0.2, 0) is 14.4 Å². The van der Waals surface area contributed by atoms with E-state index in [4.69, 9.17) is 16.0 Å². The monoisotopic (exact) mass is 237 g/mol. The second-order valence-electron chi connectivity index (χ2n) is 3.55. The molecule has 0 aromatic heterocycles. The molecule has 0 fully saturated rings.